The molecular formula is C12H14O4. The number of methoxy groups -OCH3 is 1. The SMILES string of the molecule is CCC(=COc1ccccc1OC)C(=O)O. The molecule has 1 rings (SSSR count). The van der Waals surface area contributed by atoms with E-state index in [2.05, 4.69) is 0 Å². The standard InChI is InChI=1S/C12H14O4/c1-3-9(12(13)14)8-16-11-7-5-4-6-10(11)15-2/h4-8H,3H2,1-2H3,(H,13,14). The van der Waals surface area contributed by atoms with Gasteiger partial charge in [0.05, 0.1) is 12.7 Å². The lowest BCUT2D eigenvalue weighted by atomic mass is 10.2. The monoisotopic (exact) mass is 222 g/mol. The third-order valence-electron chi connectivity index (χ3n) is 2.05. The molecule has 0 heterocycles. The van der Waals surface area contributed by atoms with Crippen LogP contribution in [0, 0.1) is 0 Å². The summed E-state index contributed by atoms with van der Waals surface area (Å²) in [6.45, 7) is 1.76. The zero-order valence-electron chi connectivity index (χ0n) is 9.27. The van der Waals surface area contributed by atoms with Gasteiger partial charge in [-0.3, -0.25) is 0 Å². The molecule has 0 fully saturated rings. The summed E-state index contributed by atoms with van der Waals surface area (Å²) < 4.78 is 10.3. The van der Waals surface area contributed by atoms with Crippen molar-refractivity contribution in [2.45, 2.75) is 13.3 Å². The van der Waals surface area contributed by atoms with Crippen LogP contribution < -0.4 is 9.47 Å². The highest BCUT2D eigenvalue weighted by Gasteiger charge is 2.06. The lowest BCUT2D eigenvalue weighted by Crippen LogP contribution is -2.01. The molecule has 0 amide bonds. The van der Waals surface area contributed by atoms with Crippen LogP contribution in [0.2, 0.25) is 0 Å². The van der Waals surface area contributed by atoms with Crippen LogP contribution >= 0.6 is 0 Å². The smallest absolute Gasteiger partial charge is 0.334 e. The second-order valence-corrected chi connectivity index (χ2v) is 3.07. The Bertz CT molecular complexity index is 396. The van der Waals surface area contributed by atoms with Crippen molar-refractivity contribution in [3.8, 4) is 11.5 Å². The Morgan fingerprint density at radius 2 is 2.00 bits per heavy atom. The third kappa shape index (κ3) is 3.02. The van der Waals surface area contributed by atoms with Crippen LogP contribution in [0.1, 0.15) is 13.3 Å². The molecule has 1 aromatic rings. The zero-order valence-corrected chi connectivity index (χ0v) is 9.27. The molecule has 0 spiro atoms. The van der Waals surface area contributed by atoms with E-state index in [0.717, 1.165) is 0 Å². The largest absolute Gasteiger partial charge is 0.493 e. The number of hydrogen-bond donors (Lipinski definition) is 1. The first-order chi connectivity index (χ1) is 7.69. The molecule has 0 aliphatic heterocycles. The van der Waals surface area contributed by atoms with Gasteiger partial charge in [-0.25, -0.2) is 4.79 Å². The topological polar surface area (TPSA) is 55.8 Å². The number of rotatable bonds is 5. The molecule has 0 saturated heterocycles. The van der Waals surface area contributed by atoms with Crippen molar-refractivity contribution in [3.05, 3.63) is 36.1 Å². The van der Waals surface area contributed by atoms with Crippen LogP contribution in [0.25, 0.3) is 0 Å². The first kappa shape index (κ1) is 12.1. The first-order valence-electron chi connectivity index (χ1n) is 4.91. The van der Waals surface area contributed by atoms with Gasteiger partial charge in [-0.15, -0.1) is 0 Å². The third-order valence-corrected chi connectivity index (χ3v) is 2.05. The average molecular weight is 222 g/mol. The molecule has 1 aromatic carbocycles. The summed E-state index contributed by atoms with van der Waals surface area (Å²) in [5.41, 5.74) is 0.214. The fraction of sp³-hybridized carbons (Fsp3) is 0.250. The van der Waals surface area contributed by atoms with E-state index in [0.29, 0.717) is 17.9 Å². The maximum absolute atomic E-state index is 10.7. The number of carboxylic acid groups (broad SMARTS) is 1. The number of benzene rings is 1. The second kappa shape index (κ2) is 5.80. The fourth-order valence-corrected chi connectivity index (χ4v) is 1.14. The van der Waals surface area contributed by atoms with E-state index in [9.17, 15) is 4.79 Å². The van der Waals surface area contributed by atoms with Gasteiger partial charge in [-0.05, 0) is 18.6 Å². The van der Waals surface area contributed by atoms with E-state index in [1.165, 1.54) is 13.4 Å². The average Bonchev–Trinajstić information content (AvgIpc) is 2.30. The van der Waals surface area contributed by atoms with Crippen LogP contribution in [0.5, 0.6) is 11.5 Å². The molecular weight excluding hydrogens is 208 g/mol. The molecule has 4 heteroatoms. The summed E-state index contributed by atoms with van der Waals surface area (Å²) in [5, 5.41) is 8.80. The highest BCUT2D eigenvalue weighted by atomic mass is 16.5. The maximum atomic E-state index is 10.7. The molecule has 16 heavy (non-hydrogen) atoms. The minimum atomic E-state index is -0.975. The van der Waals surface area contributed by atoms with Crippen molar-refractivity contribution in [1.29, 1.82) is 0 Å². The van der Waals surface area contributed by atoms with Gasteiger partial charge in [0.15, 0.2) is 11.5 Å². The second-order valence-electron chi connectivity index (χ2n) is 3.07. The highest BCUT2D eigenvalue weighted by Crippen LogP contribution is 2.26. The van der Waals surface area contributed by atoms with E-state index in [1.54, 1.807) is 25.1 Å². The fourth-order valence-electron chi connectivity index (χ4n) is 1.14. The van der Waals surface area contributed by atoms with E-state index >= 15 is 0 Å². The molecule has 0 aliphatic carbocycles. The van der Waals surface area contributed by atoms with E-state index in [-0.39, 0.29) is 5.57 Å². The van der Waals surface area contributed by atoms with Gasteiger partial charge in [0.25, 0.3) is 0 Å². The minimum Gasteiger partial charge on any atom is -0.493 e. The maximum Gasteiger partial charge on any atom is 0.334 e. The number of hydrogen-bond acceptors (Lipinski definition) is 3. The van der Waals surface area contributed by atoms with Crippen molar-refractivity contribution in [2.24, 2.45) is 0 Å². The normalized spacial score (nSPS) is 11.0. The first-order valence-corrected chi connectivity index (χ1v) is 4.91. The Morgan fingerprint density at radius 1 is 1.38 bits per heavy atom. The van der Waals surface area contributed by atoms with Gasteiger partial charge in [0, 0.05) is 0 Å². The molecule has 0 aliphatic rings. The van der Waals surface area contributed by atoms with Crippen molar-refractivity contribution in [2.75, 3.05) is 7.11 Å². The Morgan fingerprint density at radius 3 is 2.50 bits per heavy atom. The van der Waals surface area contributed by atoms with Crippen LogP contribution in [0.3, 0.4) is 0 Å². The lowest BCUT2D eigenvalue weighted by molar-refractivity contribution is -0.132. The quantitative estimate of drug-likeness (QED) is 0.614. The molecule has 0 radical (unpaired) electrons. The summed E-state index contributed by atoms with van der Waals surface area (Å²) in [5.74, 6) is 0.0918. The van der Waals surface area contributed by atoms with E-state index < -0.39 is 5.97 Å². The summed E-state index contributed by atoms with van der Waals surface area (Å²) in [4.78, 5) is 10.7. The number of ether oxygens (including phenoxy) is 2. The van der Waals surface area contributed by atoms with Crippen LogP contribution in [0.15, 0.2) is 36.1 Å². The number of para-hydroxylation sites is 2. The Hall–Kier alpha value is -1.97. The van der Waals surface area contributed by atoms with Crippen LogP contribution in [0.4, 0.5) is 0 Å². The van der Waals surface area contributed by atoms with E-state index in [4.69, 9.17) is 14.6 Å². The number of carbonyl (C=O) groups is 1. The van der Waals surface area contributed by atoms with Crippen molar-refractivity contribution >= 4 is 5.97 Å². The highest BCUT2D eigenvalue weighted by molar-refractivity contribution is 5.86. The Balaban J connectivity index is 2.84. The zero-order chi connectivity index (χ0) is 12.0. The van der Waals surface area contributed by atoms with Crippen LogP contribution in [-0.2, 0) is 4.79 Å². The number of carboxylic acids is 1. The molecule has 0 saturated carbocycles. The van der Waals surface area contributed by atoms with Crippen molar-refractivity contribution in [1.82, 2.24) is 0 Å². The van der Waals surface area contributed by atoms with Gasteiger partial charge < -0.3 is 14.6 Å². The summed E-state index contributed by atoms with van der Waals surface area (Å²) in [6, 6.07) is 7.06. The van der Waals surface area contributed by atoms with Gasteiger partial charge in [0.1, 0.15) is 6.26 Å². The van der Waals surface area contributed by atoms with Gasteiger partial charge in [-0.2, -0.15) is 0 Å². The molecule has 0 bridgehead atoms. The molecule has 0 atom stereocenters. The minimum absolute atomic E-state index is 0.214. The molecule has 1 N–H and O–H groups in total. The summed E-state index contributed by atoms with van der Waals surface area (Å²) >= 11 is 0. The summed E-state index contributed by atoms with van der Waals surface area (Å²) in [6.07, 6.45) is 1.64. The van der Waals surface area contributed by atoms with E-state index in [1.807, 2.05) is 6.07 Å². The van der Waals surface area contributed by atoms with Crippen molar-refractivity contribution < 1.29 is 19.4 Å². The molecule has 4 nitrogen and oxygen atoms in total. The Kier molecular flexibility index (Phi) is 4.39. The number of aliphatic carboxylic acids is 1. The molecule has 86 valence electrons. The Labute approximate surface area is 94.1 Å². The van der Waals surface area contributed by atoms with Crippen molar-refractivity contribution in [3.63, 3.8) is 0 Å². The lowest BCUT2D eigenvalue weighted by Gasteiger charge is -2.07. The van der Waals surface area contributed by atoms with Crippen LogP contribution in [-0.4, -0.2) is 18.2 Å². The molecule has 0 unspecified atom stereocenters. The molecule has 0 aromatic heterocycles. The van der Waals surface area contributed by atoms with Gasteiger partial charge in [0.2, 0.25) is 0 Å². The van der Waals surface area contributed by atoms with Gasteiger partial charge in [-0.1, -0.05) is 19.1 Å². The van der Waals surface area contributed by atoms with Gasteiger partial charge >= 0.3 is 5.97 Å². The predicted octanol–water partition coefficient (Wildman–Crippen LogP) is 2.45. The predicted molar refractivity (Wildman–Crippen MR) is 59.6 cm³/mol. The summed E-state index contributed by atoms with van der Waals surface area (Å²) in [7, 11) is 1.53.